The second-order valence-electron chi connectivity index (χ2n) is 17.4. The summed E-state index contributed by atoms with van der Waals surface area (Å²) >= 11 is 0. The van der Waals surface area contributed by atoms with Crippen LogP contribution in [0.3, 0.4) is 0 Å². The highest BCUT2D eigenvalue weighted by Gasteiger charge is 2.50. The van der Waals surface area contributed by atoms with E-state index in [1.54, 1.807) is 0 Å². The summed E-state index contributed by atoms with van der Waals surface area (Å²) in [6, 6.07) is 20.0. The zero-order chi connectivity index (χ0) is 45.9. The molecule has 2 aromatic carbocycles. The molecule has 14 heteroatoms. The van der Waals surface area contributed by atoms with Crippen molar-refractivity contribution in [2.45, 2.75) is 140 Å². The summed E-state index contributed by atoms with van der Waals surface area (Å²) in [5.41, 5.74) is -1.25. The fraction of sp³-hybridized carbons (Fsp3) is 0.652. The van der Waals surface area contributed by atoms with E-state index in [9.17, 15) is 29.4 Å². The molecule has 0 aliphatic carbocycles. The van der Waals surface area contributed by atoms with Gasteiger partial charge in [-0.05, 0) is 91.2 Å². The molecule has 0 bridgehead atoms. The van der Waals surface area contributed by atoms with E-state index in [1.807, 2.05) is 102 Å². The minimum atomic E-state index is -1.19. The first kappa shape index (κ1) is 54.1. The predicted molar refractivity (Wildman–Crippen MR) is 228 cm³/mol. The third-order valence-corrected chi connectivity index (χ3v) is 11.1. The molecular formula is C46H76N2O12+2. The van der Waals surface area contributed by atoms with E-state index in [0.717, 1.165) is 36.8 Å². The third kappa shape index (κ3) is 17.2. The molecule has 340 valence electrons. The molecule has 6 atom stereocenters. The highest BCUT2D eigenvalue weighted by Crippen LogP contribution is 2.39. The van der Waals surface area contributed by atoms with Crippen molar-refractivity contribution in [1.29, 1.82) is 0 Å². The predicted octanol–water partition coefficient (Wildman–Crippen LogP) is 3.39. The quantitative estimate of drug-likeness (QED) is 0.182. The van der Waals surface area contributed by atoms with Gasteiger partial charge in [0.25, 0.3) is 0 Å². The first-order valence-corrected chi connectivity index (χ1v) is 20.7. The van der Waals surface area contributed by atoms with Crippen molar-refractivity contribution in [3.8, 4) is 0 Å². The molecule has 2 saturated heterocycles. The zero-order valence-electron chi connectivity index (χ0n) is 38.7. The van der Waals surface area contributed by atoms with E-state index in [-0.39, 0.29) is 37.1 Å². The Labute approximate surface area is 358 Å². The lowest BCUT2D eigenvalue weighted by Gasteiger charge is -2.42. The van der Waals surface area contributed by atoms with Gasteiger partial charge in [-0.2, -0.15) is 0 Å². The second kappa shape index (κ2) is 25.1. The molecule has 14 nitrogen and oxygen atoms in total. The van der Waals surface area contributed by atoms with Crippen molar-refractivity contribution in [2.75, 3.05) is 56.6 Å². The molecular weight excluding hydrogens is 773 g/mol. The van der Waals surface area contributed by atoms with Gasteiger partial charge in [0.15, 0.2) is 11.2 Å². The molecule has 4 N–H and O–H groups in total. The molecule has 2 heterocycles. The summed E-state index contributed by atoms with van der Waals surface area (Å²) in [5, 5.41) is 19.9. The molecule has 2 aromatic rings. The highest BCUT2D eigenvalue weighted by molar-refractivity contribution is 5.86. The molecule has 2 aliphatic heterocycles. The minimum Gasteiger partial charge on any atom is -0.469 e. The lowest BCUT2D eigenvalue weighted by atomic mass is 9.84. The van der Waals surface area contributed by atoms with Crippen LogP contribution >= 0.6 is 0 Å². The number of esters is 4. The lowest BCUT2D eigenvalue weighted by molar-refractivity contribution is -0.888. The number of hydrogen-bond donors (Lipinski definition) is 4. The van der Waals surface area contributed by atoms with E-state index in [0.29, 0.717) is 12.8 Å². The average Bonchev–Trinajstić information content (AvgIpc) is 3.22. The Morgan fingerprint density at radius 2 is 0.867 bits per heavy atom. The van der Waals surface area contributed by atoms with Crippen LogP contribution < -0.4 is 9.80 Å². The van der Waals surface area contributed by atoms with Gasteiger partial charge in [-0.3, -0.25) is 9.59 Å². The normalized spacial score (nSPS) is 22.3. The van der Waals surface area contributed by atoms with Crippen LogP contribution in [0.4, 0.5) is 0 Å². The Balaban J connectivity index is 0.000000403. The number of carbonyl (C=O) groups excluding carboxylic acids is 4. The Morgan fingerprint density at radius 1 is 0.567 bits per heavy atom. The largest absolute Gasteiger partial charge is 0.469 e. The number of hydrogen-bond acceptors (Lipinski definition) is 12. The van der Waals surface area contributed by atoms with Gasteiger partial charge in [0.2, 0.25) is 0 Å². The molecule has 5 unspecified atom stereocenters. The summed E-state index contributed by atoms with van der Waals surface area (Å²) < 4.78 is 30.4. The number of quaternary nitrogens is 2. The van der Waals surface area contributed by atoms with Gasteiger partial charge < -0.3 is 48.4 Å². The number of ether oxygens (including phenoxy) is 6. The van der Waals surface area contributed by atoms with Gasteiger partial charge in [-0.1, -0.05) is 60.7 Å². The monoisotopic (exact) mass is 849 g/mol. The Hall–Kier alpha value is -3.92. The molecule has 0 radical (unpaired) electrons. The molecule has 0 saturated carbocycles. The van der Waals surface area contributed by atoms with Crippen LogP contribution in [0.25, 0.3) is 0 Å². The van der Waals surface area contributed by atoms with Gasteiger partial charge in [-0.15, -0.1) is 0 Å². The summed E-state index contributed by atoms with van der Waals surface area (Å²) in [6.07, 6.45) is 3.38. The maximum Gasteiger partial charge on any atom is 0.338 e. The topological polar surface area (TPSA) is 173 Å². The van der Waals surface area contributed by atoms with Crippen LogP contribution in [-0.4, -0.2) is 125 Å². The lowest BCUT2D eigenvalue weighted by Crippen LogP contribution is -3.10. The summed E-state index contributed by atoms with van der Waals surface area (Å²) in [7, 11) is 13.4. The van der Waals surface area contributed by atoms with Gasteiger partial charge >= 0.3 is 23.9 Å². The molecule has 0 aromatic heterocycles. The number of nitrogens with one attached hydrogen (secondary N) is 2. The van der Waals surface area contributed by atoms with Crippen LogP contribution in [0.2, 0.25) is 0 Å². The van der Waals surface area contributed by atoms with Crippen LogP contribution in [0.15, 0.2) is 60.7 Å². The third-order valence-electron chi connectivity index (χ3n) is 11.1. The first-order chi connectivity index (χ1) is 28.0. The van der Waals surface area contributed by atoms with Crippen molar-refractivity contribution in [3.05, 3.63) is 71.8 Å². The summed E-state index contributed by atoms with van der Waals surface area (Å²) in [6.45, 7) is 11.7. The van der Waals surface area contributed by atoms with Gasteiger partial charge in [0.05, 0.1) is 80.7 Å². The molecule has 4 rings (SSSR count). The van der Waals surface area contributed by atoms with Crippen LogP contribution in [0.1, 0.15) is 116 Å². The molecule has 0 spiro atoms. The molecule has 2 fully saturated rings. The van der Waals surface area contributed by atoms with Crippen molar-refractivity contribution in [3.63, 3.8) is 0 Å². The van der Waals surface area contributed by atoms with E-state index in [2.05, 4.69) is 37.7 Å². The average molecular weight is 849 g/mol. The van der Waals surface area contributed by atoms with Crippen LogP contribution in [0.5, 0.6) is 0 Å². The van der Waals surface area contributed by atoms with Crippen LogP contribution in [0, 0.1) is 0 Å². The van der Waals surface area contributed by atoms with Gasteiger partial charge in [-0.25, -0.2) is 9.59 Å². The van der Waals surface area contributed by atoms with Crippen molar-refractivity contribution < 1.29 is 67.6 Å². The Morgan fingerprint density at radius 3 is 1.10 bits per heavy atom. The summed E-state index contributed by atoms with van der Waals surface area (Å²) in [4.78, 5) is 49.1. The van der Waals surface area contributed by atoms with E-state index < -0.39 is 46.3 Å². The molecule has 2 aliphatic rings. The SMILES string of the molecule is CC(C(O)c1ccccc1)[NH+](C)C.CC(C(O)c1ccccc1)[NH+](C)C.COC(=O)CC1(C(=O)OC)CCCC(C)(C)O1.COC(=O)C[C@@]1(C(=O)OC)CCCC(C)(C)O1. The Bertz CT molecular complexity index is 1470. The zero-order valence-corrected chi connectivity index (χ0v) is 38.7. The smallest absolute Gasteiger partial charge is 0.338 e. The van der Waals surface area contributed by atoms with Crippen molar-refractivity contribution >= 4 is 23.9 Å². The van der Waals surface area contributed by atoms with Gasteiger partial charge in [0, 0.05) is 0 Å². The standard InChI is InChI=1S/2C12H20O5.2C11H17NO/c2*1-11(2)6-5-7-12(17-11,10(14)16-4)8-9(13)15-3;2*1-9(12(2)3)11(13)10-7-5-4-6-8-10/h2*5-8H2,1-4H3;2*4-9,11,13H,1-3H3/p+2/t12-;;;/m1.../s1. The van der Waals surface area contributed by atoms with Crippen molar-refractivity contribution in [1.82, 2.24) is 0 Å². The number of carbonyl (C=O) groups is 4. The fourth-order valence-electron chi connectivity index (χ4n) is 7.03. The fourth-order valence-corrected chi connectivity index (χ4v) is 7.03. The molecule has 0 amide bonds. The first-order valence-electron chi connectivity index (χ1n) is 20.7. The van der Waals surface area contributed by atoms with E-state index in [1.165, 1.54) is 38.2 Å². The number of likely N-dealkylation sites (N-methyl/N-ethyl adjacent to an activating group) is 2. The van der Waals surface area contributed by atoms with Crippen LogP contribution in [-0.2, 0) is 47.6 Å². The number of rotatable bonds is 12. The minimum absolute atomic E-state index is 0.0976. The van der Waals surface area contributed by atoms with Gasteiger partial charge in [0.1, 0.15) is 24.3 Å². The number of methoxy groups -OCH3 is 4. The number of aliphatic hydroxyl groups excluding tert-OH is 2. The maximum atomic E-state index is 11.9. The second-order valence-corrected chi connectivity index (χ2v) is 17.4. The molecule has 60 heavy (non-hydrogen) atoms. The Kier molecular flexibility index (Phi) is 22.6. The summed E-state index contributed by atoms with van der Waals surface area (Å²) in [5.74, 6) is -1.94. The van der Waals surface area contributed by atoms with Crippen molar-refractivity contribution in [2.24, 2.45) is 0 Å². The van der Waals surface area contributed by atoms with E-state index >= 15 is 0 Å². The maximum absolute atomic E-state index is 11.9. The van der Waals surface area contributed by atoms with E-state index in [4.69, 9.17) is 18.9 Å². The number of aliphatic hydroxyl groups is 2. The number of benzene rings is 2. The highest BCUT2D eigenvalue weighted by atomic mass is 16.6.